The predicted octanol–water partition coefficient (Wildman–Crippen LogP) is 1.67. The lowest BCUT2D eigenvalue weighted by molar-refractivity contribution is -0.118. The van der Waals surface area contributed by atoms with E-state index in [0.29, 0.717) is 17.0 Å². The van der Waals surface area contributed by atoms with E-state index in [1.54, 1.807) is 43.5 Å². The first kappa shape index (κ1) is 20.1. The van der Waals surface area contributed by atoms with Crippen molar-refractivity contribution in [3.8, 4) is 5.75 Å². The van der Waals surface area contributed by atoms with E-state index in [4.69, 9.17) is 4.74 Å². The van der Waals surface area contributed by atoms with E-state index < -0.39 is 17.3 Å². The molecular formula is C22H21N5O4. The molecule has 158 valence electrons. The Morgan fingerprint density at radius 3 is 2.32 bits per heavy atom. The van der Waals surface area contributed by atoms with E-state index in [2.05, 4.69) is 10.3 Å². The number of rotatable bonds is 5. The number of aryl methyl sites for hydroxylation is 1. The van der Waals surface area contributed by atoms with Gasteiger partial charge in [-0.2, -0.15) is 0 Å². The fourth-order valence-corrected chi connectivity index (χ4v) is 3.52. The number of hydrogen-bond acceptors (Lipinski definition) is 5. The molecule has 1 amide bonds. The Balaban J connectivity index is 1.86. The molecule has 0 saturated carbocycles. The summed E-state index contributed by atoms with van der Waals surface area (Å²) in [5.41, 5.74) is 0.630. The molecule has 0 spiro atoms. The van der Waals surface area contributed by atoms with Crippen LogP contribution in [0, 0.1) is 0 Å². The average Bonchev–Trinajstić information content (AvgIpc) is 3.22. The maximum Gasteiger partial charge on any atom is 0.332 e. The minimum Gasteiger partial charge on any atom is -0.497 e. The molecule has 1 atom stereocenters. The summed E-state index contributed by atoms with van der Waals surface area (Å²) in [5, 5.41) is 2.88. The zero-order valence-corrected chi connectivity index (χ0v) is 17.3. The quantitative estimate of drug-likeness (QED) is 0.530. The molecule has 4 rings (SSSR count). The molecule has 0 saturated heterocycles. The summed E-state index contributed by atoms with van der Waals surface area (Å²) >= 11 is 0. The van der Waals surface area contributed by atoms with E-state index in [-0.39, 0.29) is 17.1 Å². The van der Waals surface area contributed by atoms with Crippen molar-refractivity contribution < 1.29 is 9.53 Å². The maximum atomic E-state index is 13.4. The van der Waals surface area contributed by atoms with Crippen molar-refractivity contribution in [3.05, 3.63) is 87.3 Å². The summed E-state index contributed by atoms with van der Waals surface area (Å²) in [6, 6.07) is 15.1. The van der Waals surface area contributed by atoms with Gasteiger partial charge in [0.1, 0.15) is 11.8 Å². The summed E-state index contributed by atoms with van der Waals surface area (Å²) in [4.78, 5) is 42.8. The van der Waals surface area contributed by atoms with Crippen molar-refractivity contribution in [2.45, 2.75) is 6.04 Å². The van der Waals surface area contributed by atoms with Gasteiger partial charge < -0.3 is 14.6 Å². The number of carbonyl (C=O) groups excluding carboxylic acids is 1. The Labute approximate surface area is 177 Å². The molecule has 0 fully saturated rings. The Hall–Kier alpha value is -4.14. The molecule has 0 aliphatic rings. The van der Waals surface area contributed by atoms with Gasteiger partial charge in [0.15, 0.2) is 11.2 Å². The monoisotopic (exact) mass is 419 g/mol. The molecule has 31 heavy (non-hydrogen) atoms. The van der Waals surface area contributed by atoms with Gasteiger partial charge in [-0.15, -0.1) is 0 Å². The Kier molecular flexibility index (Phi) is 5.16. The van der Waals surface area contributed by atoms with Crippen LogP contribution in [0.2, 0.25) is 0 Å². The van der Waals surface area contributed by atoms with E-state index in [1.807, 2.05) is 18.2 Å². The van der Waals surface area contributed by atoms with Gasteiger partial charge in [0, 0.05) is 19.8 Å². The summed E-state index contributed by atoms with van der Waals surface area (Å²) in [6.07, 6.45) is 1.41. The van der Waals surface area contributed by atoms with Crippen LogP contribution in [-0.2, 0) is 18.9 Å². The van der Waals surface area contributed by atoms with Gasteiger partial charge in [0.05, 0.1) is 13.4 Å². The molecule has 9 nitrogen and oxygen atoms in total. The van der Waals surface area contributed by atoms with Gasteiger partial charge in [-0.05, 0) is 29.8 Å². The first-order chi connectivity index (χ1) is 14.9. The van der Waals surface area contributed by atoms with Crippen LogP contribution < -0.4 is 21.3 Å². The summed E-state index contributed by atoms with van der Waals surface area (Å²) < 4.78 is 8.95. The molecule has 2 heterocycles. The van der Waals surface area contributed by atoms with E-state index in [9.17, 15) is 14.4 Å². The number of aromatic nitrogens is 4. The number of nitrogens with one attached hydrogen (secondary N) is 1. The lowest BCUT2D eigenvalue weighted by Crippen LogP contribution is -2.38. The Bertz CT molecular complexity index is 1370. The molecule has 2 aromatic heterocycles. The van der Waals surface area contributed by atoms with Gasteiger partial charge in [0.2, 0.25) is 0 Å². The Morgan fingerprint density at radius 1 is 1.00 bits per heavy atom. The van der Waals surface area contributed by atoms with Crippen LogP contribution in [-0.4, -0.2) is 31.7 Å². The number of ether oxygens (including phenoxy) is 1. The van der Waals surface area contributed by atoms with Gasteiger partial charge in [0.25, 0.3) is 11.5 Å². The molecule has 0 bridgehead atoms. The number of hydrogen-bond donors (Lipinski definition) is 1. The van der Waals surface area contributed by atoms with Crippen molar-refractivity contribution in [3.63, 3.8) is 0 Å². The van der Waals surface area contributed by atoms with Crippen LogP contribution in [0.1, 0.15) is 11.6 Å². The maximum absolute atomic E-state index is 13.4. The van der Waals surface area contributed by atoms with Crippen LogP contribution in [0.5, 0.6) is 5.75 Å². The van der Waals surface area contributed by atoms with Crippen molar-refractivity contribution in [1.82, 2.24) is 18.7 Å². The first-order valence-corrected chi connectivity index (χ1v) is 9.54. The second-order valence-corrected chi connectivity index (χ2v) is 7.06. The number of fused-ring (bicyclic) bond motifs is 1. The van der Waals surface area contributed by atoms with Crippen LogP contribution in [0.3, 0.4) is 0 Å². The number of amides is 1. The van der Waals surface area contributed by atoms with Crippen molar-refractivity contribution in [2.24, 2.45) is 14.1 Å². The van der Waals surface area contributed by atoms with Crippen molar-refractivity contribution in [1.29, 1.82) is 0 Å². The van der Waals surface area contributed by atoms with Crippen LogP contribution in [0.4, 0.5) is 5.69 Å². The third-order valence-corrected chi connectivity index (χ3v) is 5.17. The highest BCUT2D eigenvalue weighted by Crippen LogP contribution is 2.24. The second-order valence-electron chi connectivity index (χ2n) is 7.06. The minimum atomic E-state index is -0.876. The van der Waals surface area contributed by atoms with Gasteiger partial charge >= 0.3 is 5.69 Å². The predicted molar refractivity (Wildman–Crippen MR) is 116 cm³/mol. The van der Waals surface area contributed by atoms with Crippen molar-refractivity contribution in [2.75, 3.05) is 12.4 Å². The molecule has 1 N–H and O–H groups in total. The molecule has 4 aromatic rings. The second kappa shape index (κ2) is 7.94. The highest BCUT2D eigenvalue weighted by atomic mass is 16.5. The number of methoxy groups -OCH3 is 1. The highest BCUT2D eigenvalue weighted by Gasteiger charge is 2.27. The normalized spacial score (nSPS) is 12.0. The fourth-order valence-electron chi connectivity index (χ4n) is 3.52. The third kappa shape index (κ3) is 3.50. The SMILES string of the molecule is COc1ccc(NC(=O)C(c2ccccc2)n2cnc3c2c(=O)n(C)c(=O)n3C)cc1. The number of nitrogens with zero attached hydrogens (tertiary/aromatic N) is 4. The summed E-state index contributed by atoms with van der Waals surface area (Å²) in [6.45, 7) is 0. The largest absolute Gasteiger partial charge is 0.497 e. The molecule has 1 unspecified atom stereocenters. The van der Waals surface area contributed by atoms with E-state index >= 15 is 0 Å². The topological polar surface area (TPSA) is 100 Å². The average molecular weight is 419 g/mol. The molecule has 9 heteroatoms. The fraction of sp³-hybridized carbons (Fsp3) is 0.182. The van der Waals surface area contributed by atoms with E-state index in [0.717, 1.165) is 4.57 Å². The van der Waals surface area contributed by atoms with E-state index in [1.165, 1.54) is 29.6 Å². The lowest BCUT2D eigenvalue weighted by atomic mass is 10.1. The standard InChI is InChI=1S/C22H21N5O4/c1-25-19-18(21(29)26(2)22(25)30)27(13-23-19)17(14-7-5-4-6-8-14)20(28)24-15-9-11-16(31-3)12-10-15/h4-13,17H,1-3H3,(H,24,28). The molecule has 0 aliphatic heterocycles. The third-order valence-electron chi connectivity index (χ3n) is 5.17. The molecular weight excluding hydrogens is 398 g/mol. The van der Waals surface area contributed by atoms with Crippen LogP contribution >= 0.6 is 0 Å². The number of carbonyl (C=O) groups is 1. The molecule has 2 aromatic carbocycles. The smallest absolute Gasteiger partial charge is 0.332 e. The summed E-state index contributed by atoms with van der Waals surface area (Å²) in [7, 11) is 4.50. The first-order valence-electron chi connectivity index (χ1n) is 9.54. The number of anilines is 1. The lowest BCUT2D eigenvalue weighted by Gasteiger charge is -2.20. The van der Waals surface area contributed by atoms with Gasteiger partial charge in [-0.25, -0.2) is 9.78 Å². The van der Waals surface area contributed by atoms with Crippen LogP contribution in [0.25, 0.3) is 11.2 Å². The molecule has 0 aliphatic carbocycles. The highest BCUT2D eigenvalue weighted by molar-refractivity contribution is 5.96. The molecule has 0 radical (unpaired) electrons. The van der Waals surface area contributed by atoms with Gasteiger partial charge in [-0.1, -0.05) is 30.3 Å². The minimum absolute atomic E-state index is 0.170. The summed E-state index contributed by atoms with van der Waals surface area (Å²) in [5.74, 6) is 0.314. The number of imidazole rings is 1. The van der Waals surface area contributed by atoms with Crippen molar-refractivity contribution >= 4 is 22.8 Å². The van der Waals surface area contributed by atoms with Gasteiger partial charge in [-0.3, -0.25) is 18.7 Å². The zero-order valence-electron chi connectivity index (χ0n) is 17.3. The Morgan fingerprint density at radius 2 is 1.68 bits per heavy atom. The number of benzene rings is 2. The zero-order chi connectivity index (χ0) is 22.1. The van der Waals surface area contributed by atoms with Crippen LogP contribution in [0.15, 0.2) is 70.5 Å².